The summed E-state index contributed by atoms with van der Waals surface area (Å²) in [5, 5.41) is 0.952. The Morgan fingerprint density at radius 3 is 2.74 bits per heavy atom. The molecule has 2 heterocycles. The number of rotatable bonds is 3. The second-order valence-electron chi connectivity index (χ2n) is 7.66. The standard InChI is InChI=1S/C19H26FN3O2.C2H6/c1-19(2,3)25-18(24)23-8-4-5-17(23)14(10-21)15-11-22-16-9-12(20)6-7-13(15)16;1-2/h6-7,9,11,14,17,22H,4-5,8,10,21H2,1-3H3;1-2H3. The van der Waals surface area contributed by atoms with E-state index in [-0.39, 0.29) is 23.9 Å². The van der Waals surface area contributed by atoms with Crippen LogP contribution >= 0.6 is 0 Å². The molecule has 5 nitrogen and oxygen atoms in total. The Balaban J connectivity index is 0.00000126. The van der Waals surface area contributed by atoms with Gasteiger partial charge in [-0.15, -0.1) is 0 Å². The van der Waals surface area contributed by atoms with Crippen LogP contribution in [0.1, 0.15) is 58.9 Å². The molecular weight excluding hydrogens is 345 g/mol. The molecule has 1 aliphatic rings. The van der Waals surface area contributed by atoms with Gasteiger partial charge in [0.25, 0.3) is 0 Å². The molecular formula is C21H32FN3O2. The largest absolute Gasteiger partial charge is 0.444 e. The highest BCUT2D eigenvalue weighted by Crippen LogP contribution is 2.35. The molecule has 6 heteroatoms. The minimum absolute atomic E-state index is 0.0103. The number of nitrogens with zero attached hydrogens (tertiary/aromatic N) is 1. The maximum atomic E-state index is 13.4. The van der Waals surface area contributed by atoms with Crippen molar-refractivity contribution in [3.8, 4) is 0 Å². The molecule has 1 aromatic carbocycles. The van der Waals surface area contributed by atoms with Crippen LogP contribution in [-0.4, -0.2) is 40.7 Å². The van der Waals surface area contributed by atoms with Crippen molar-refractivity contribution in [1.29, 1.82) is 0 Å². The van der Waals surface area contributed by atoms with Crippen molar-refractivity contribution in [3.63, 3.8) is 0 Å². The number of nitrogens with one attached hydrogen (secondary N) is 1. The lowest BCUT2D eigenvalue weighted by Gasteiger charge is -2.32. The number of halogens is 1. The molecule has 1 fully saturated rings. The molecule has 2 unspecified atom stereocenters. The molecule has 0 bridgehead atoms. The van der Waals surface area contributed by atoms with Crippen molar-refractivity contribution >= 4 is 17.0 Å². The molecule has 3 rings (SSSR count). The lowest BCUT2D eigenvalue weighted by atomic mass is 9.89. The van der Waals surface area contributed by atoms with E-state index in [2.05, 4.69) is 4.98 Å². The normalized spacial score (nSPS) is 18.2. The van der Waals surface area contributed by atoms with E-state index in [9.17, 15) is 9.18 Å². The number of amides is 1. The van der Waals surface area contributed by atoms with Crippen LogP contribution < -0.4 is 5.73 Å². The molecule has 1 saturated heterocycles. The number of carbonyl (C=O) groups is 1. The van der Waals surface area contributed by atoms with Gasteiger partial charge < -0.3 is 20.4 Å². The molecule has 1 aromatic heterocycles. The van der Waals surface area contributed by atoms with E-state index in [0.717, 1.165) is 29.3 Å². The third-order valence-corrected chi connectivity index (χ3v) is 4.72. The predicted octanol–water partition coefficient (Wildman–Crippen LogP) is 4.78. The second-order valence-corrected chi connectivity index (χ2v) is 7.66. The fraction of sp³-hybridized carbons (Fsp3) is 0.571. The van der Waals surface area contributed by atoms with Crippen molar-refractivity contribution in [3.05, 3.63) is 35.8 Å². The van der Waals surface area contributed by atoms with Crippen LogP contribution in [0.4, 0.5) is 9.18 Å². The first-order valence-corrected chi connectivity index (χ1v) is 9.76. The van der Waals surface area contributed by atoms with Crippen LogP contribution in [-0.2, 0) is 4.74 Å². The number of hydrogen-bond donors (Lipinski definition) is 2. The quantitative estimate of drug-likeness (QED) is 0.809. The fourth-order valence-corrected chi connectivity index (χ4v) is 3.68. The zero-order chi connectivity index (χ0) is 20.2. The maximum absolute atomic E-state index is 13.4. The molecule has 0 radical (unpaired) electrons. The number of aromatic amines is 1. The van der Waals surface area contributed by atoms with Crippen molar-refractivity contribution in [2.45, 2.75) is 65.0 Å². The lowest BCUT2D eigenvalue weighted by molar-refractivity contribution is 0.0207. The fourth-order valence-electron chi connectivity index (χ4n) is 3.68. The smallest absolute Gasteiger partial charge is 0.410 e. The number of aromatic nitrogens is 1. The first kappa shape index (κ1) is 21.2. The highest BCUT2D eigenvalue weighted by molar-refractivity contribution is 5.84. The van der Waals surface area contributed by atoms with E-state index in [0.29, 0.717) is 13.1 Å². The Kier molecular flexibility index (Phi) is 6.87. The Labute approximate surface area is 161 Å². The number of carbonyl (C=O) groups excluding carboxylic acids is 1. The number of hydrogen-bond acceptors (Lipinski definition) is 3. The van der Waals surface area contributed by atoms with E-state index >= 15 is 0 Å². The number of likely N-dealkylation sites (tertiary alicyclic amines) is 1. The summed E-state index contributed by atoms with van der Waals surface area (Å²) >= 11 is 0. The predicted molar refractivity (Wildman–Crippen MR) is 107 cm³/mol. The highest BCUT2D eigenvalue weighted by Gasteiger charge is 2.37. The number of H-pyrrole nitrogens is 1. The van der Waals surface area contributed by atoms with E-state index in [4.69, 9.17) is 10.5 Å². The number of benzene rings is 1. The van der Waals surface area contributed by atoms with Gasteiger partial charge in [-0.25, -0.2) is 9.18 Å². The van der Waals surface area contributed by atoms with Crippen LogP contribution in [0.5, 0.6) is 0 Å². The summed E-state index contributed by atoms with van der Waals surface area (Å²) in [4.78, 5) is 17.5. The Morgan fingerprint density at radius 1 is 1.41 bits per heavy atom. The Hall–Kier alpha value is -2.08. The van der Waals surface area contributed by atoms with Crippen molar-refractivity contribution < 1.29 is 13.9 Å². The van der Waals surface area contributed by atoms with E-state index in [1.165, 1.54) is 12.1 Å². The molecule has 3 N–H and O–H groups in total. The molecule has 0 saturated carbocycles. The molecule has 2 aromatic rings. The topological polar surface area (TPSA) is 71.3 Å². The average Bonchev–Trinajstić information content (AvgIpc) is 3.24. The molecule has 2 atom stereocenters. The minimum Gasteiger partial charge on any atom is -0.444 e. The van der Waals surface area contributed by atoms with Gasteiger partial charge >= 0.3 is 6.09 Å². The van der Waals surface area contributed by atoms with Gasteiger partial charge in [0.2, 0.25) is 0 Å². The third kappa shape index (κ3) is 4.80. The molecule has 0 aliphatic carbocycles. The monoisotopic (exact) mass is 377 g/mol. The maximum Gasteiger partial charge on any atom is 0.410 e. The van der Waals surface area contributed by atoms with Crippen molar-refractivity contribution in [2.75, 3.05) is 13.1 Å². The van der Waals surface area contributed by atoms with Gasteiger partial charge in [0.1, 0.15) is 11.4 Å². The van der Waals surface area contributed by atoms with E-state index in [1.807, 2.05) is 40.8 Å². The molecule has 0 spiro atoms. The van der Waals surface area contributed by atoms with Gasteiger partial charge in [-0.05, 0) is 57.4 Å². The molecule has 1 amide bonds. The molecule has 150 valence electrons. The first-order chi connectivity index (χ1) is 12.8. The Bertz CT molecular complexity index is 766. The summed E-state index contributed by atoms with van der Waals surface area (Å²) in [6.45, 7) is 10.7. The second kappa shape index (κ2) is 8.74. The Morgan fingerprint density at radius 2 is 2.11 bits per heavy atom. The lowest BCUT2D eigenvalue weighted by Crippen LogP contribution is -2.43. The summed E-state index contributed by atoms with van der Waals surface area (Å²) in [6.07, 6.45) is 3.40. The van der Waals surface area contributed by atoms with Gasteiger partial charge in [0, 0.05) is 42.1 Å². The van der Waals surface area contributed by atoms with E-state index in [1.54, 1.807) is 11.0 Å². The molecule has 1 aliphatic heterocycles. The number of fused-ring (bicyclic) bond motifs is 1. The van der Waals surface area contributed by atoms with Gasteiger partial charge in [-0.3, -0.25) is 0 Å². The van der Waals surface area contributed by atoms with Gasteiger partial charge in [0.05, 0.1) is 0 Å². The SMILES string of the molecule is CC.CC(C)(C)OC(=O)N1CCCC1C(CN)c1c[nH]c2cc(F)ccc12. The number of ether oxygens (including phenoxy) is 1. The zero-order valence-corrected chi connectivity index (χ0v) is 17.0. The van der Waals surface area contributed by atoms with E-state index < -0.39 is 5.60 Å². The van der Waals surface area contributed by atoms with Gasteiger partial charge in [-0.1, -0.05) is 13.8 Å². The van der Waals surface area contributed by atoms with Crippen molar-refractivity contribution in [2.24, 2.45) is 5.73 Å². The van der Waals surface area contributed by atoms with Crippen molar-refractivity contribution in [1.82, 2.24) is 9.88 Å². The first-order valence-electron chi connectivity index (χ1n) is 9.76. The summed E-state index contributed by atoms with van der Waals surface area (Å²) in [5.74, 6) is -0.296. The number of nitrogens with two attached hydrogens (primary N) is 1. The summed E-state index contributed by atoms with van der Waals surface area (Å²) in [7, 11) is 0. The van der Waals surface area contributed by atoms with Crippen LogP contribution in [0.25, 0.3) is 10.9 Å². The summed E-state index contributed by atoms with van der Waals surface area (Å²) < 4.78 is 19.0. The average molecular weight is 378 g/mol. The van der Waals surface area contributed by atoms with Crippen LogP contribution in [0, 0.1) is 5.82 Å². The summed E-state index contributed by atoms with van der Waals surface area (Å²) in [6, 6.07) is 4.69. The van der Waals surface area contributed by atoms with Gasteiger partial charge in [0.15, 0.2) is 0 Å². The van der Waals surface area contributed by atoms with Crippen LogP contribution in [0.2, 0.25) is 0 Å². The van der Waals surface area contributed by atoms with Crippen LogP contribution in [0.3, 0.4) is 0 Å². The highest BCUT2D eigenvalue weighted by atomic mass is 19.1. The summed E-state index contributed by atoms with van der Waals surface area (Å²) in [5.41, 5.74) is 7.33. The third-order valence-electron chi connectivity index (χ3n) is 4.72. The minimum atomic E-state index is -0.527. The van der Waals surface area contributed by atoms with Crippen LogP contribution in [0.15, 0.2) is 24.4 Å². The zero-order valence-electron chi connectivity index (χ0n) is 17.0. The molecule has 27 heavy (non-hydrogen) atoms. The van der Waals surface area contributed by atoms with Gasteiger partial charge in [-0.2, -0.15) is 0 Å².